The summed E-state index contributed by atoms with van der Waals surface area (Å²) in [6, 6.07) is 8.06. The maximum Gasteiger partial charge on any atom is 0.191 e. The number of halogens is 1. The van der Waals surface area contributed by atoms with E-state index in [-0.39, 0.29) is 24.0 Å². The zero-order chi connectivity index (χ0) is 15.6. The average molecular weight is 433 g/mol. The van der Waals surface area contributed by atoms with Gasteiger partial charge in [0.05, 0.1) is 13.2 Å². The standard InChI is InChI=1S/C17H27N3O2.HI/c1-14-3-7-16(8-4-14)22-12-10-20-17(18-2)19-9-11-21-13-15-5-6-15;/h3-4,7-8,15H,5-6,9-13H2,1-2H3,(H2,18,19,20);1H. The predicted molar refractivity (Wildman–Crippen MR) is 105 cm³/mol. The van der Waals surface area contributed by atoms with Gasteiger partial charge < -0.3 is 20.1 Å². The van der Waals surface area contributed by atoms with E-state index >= 15 is 0 Å². The van der Waals surface area contributed by atoms with Crippen molar-refractivity contribution < 1.29 is 9.47 Å². The van der Waals surface area contributed by atoms with Gasteiger partial charge in [0.1, 0.15) is 12.4 Å². The second-order valence-corrected chi connectivity index (χ2v) is 5.61. The minimum atomic E-state index is 0. The van der Waals surface area contributed by atoms with Crippen LogP contribution >= 0.6 is 24.0 Å². The molecule has 0 heterocycles. The molecule has 0 radical (unpaired) electrons. The molecule has 1 fully saturated rings. The molecule has 0 bridgehead atoms. The Balaban J connectivity index is 0.00000264. The lowest BCUT2D eigenvalue weighted by Gasteiger charge is -2.12. The zero-order valence-electron chi connectivity index (χ0n) is 14.0. The molecule has 6 heteroatoms. The number of aryl methyl sites for hydroxylation is 1. The molecule has 130 valence electrons. The molecule has 23 heavy (non-hydrogen) atoms. The van der Waals surface area contributed by atoms with Crippen LogP contribution in [0.2, 0.25) is 0 Å². The van der Waals surface area contributed by atoms with Crippen molar-refractivity contribution in [1.82, 2.24) is 10.6 Å². The summed E-state index contributed by atoms with van der Waals surface area (Å²) >= 11 is 0. The van der Waals surface area contributed by atoms with E-state index in [1.807, 2.05) is 24.3 Å². The van der Waals surface area contributed by atoms with Crippen LogP contribution in [0.25, 0.3) is 0 Å². The number of nitrogens with zero attached hydrogens (tertiary/aromatic N) is 1. The molecule has 0 aliphatic heterocycles. The molecule has 0 spiro atoms. The molecule has 1 saturated carbocycles. The minimum Gasteiger partial charge on any atom is -0.492 e. The maximum atomic E-state index is 5.66. The van der Waals surface area contributed by atoms with Crippen LogP contribution in [0.5, 0.6) is 5.75 Å². The Hall–Kier alpha value is -1.02. The third kappa shape index (κ3) is 9.00. The van der Waals surface area contributed by atoms with Crippen LogP contribution in [0, 0.1) is 12.8 Å². The Labute approximate surface area is 156 Å². The molecule has 2 N–H and O–H groups in total. The van der Waals surface area contributed by atoms with Crippen molar-refractivity contribution in [2.45, 2.75) is 19.8 Å². The van der Waals surface area contributed by atoms with Gasteiger partial charge in [-0.25, -0.2) is 0 Å². The molecule has 0 unspecified atom stereocenters. The van der Waals surface area contributed by atoms with Crippen molar-refractivity contribution in [3.63, 3.8) is 0 Å². The van der Waals surface area contributed by atoms with Gasteiger partial charge in [0.25, 0.3) is 0 Å². The van der Waals surface area contributed by atoms with Crippen LogP contribution in [0.1, 0.15) is 18.4 Å². The highest BCUT2D eigenvalue weighted by Gasteiger charge is 2.20. The Kier molecular flexibility index (Phi) is 10.0. The maximum absolute atomic E-state index is 5.66. The fourth-order valence-electron chi connectivity index (χ4n) is 1.97. The SMILES string of the molecule is CN=C(NCCOCC1CC1)NCCOc1ccc(C)cc1.I. The lowest BCUT2D eigenvalue weighted by Crippen LogP contribution is -2.40. The molecular formula is C17H28IN3O2. The number of rotatable bonds is 9. The van der Waals surface area contributed by atoms with Gasteiger partial charge in [0, 0.05) is 20.2 Å². The van der Waals surface area contributed by atoms with Crippen LogP contribution in [-0.4, -0.2) is 45.9 Å². The zero-order valence-corrected chi connectivity index (χ0v) is 16.3. The first-order valence-electron chi connectivity index (χ1n) is 7.99. The summed E-state index contributed by atoms with van der Waals surface area (Å²) in [5.41, 5.74) is 1.24. The van der Waals surface area contributed by atoms with Crippen molar-refractivity contribution in [3.8, 4) is 5.75 Å². The summed E-state index contributed by atoms with van der Waals surface area (Å²) in [4.78, 5) is 4.17. The Morgan fingerprint density at radius 2 is 1.78 bits per heavy atom. The molecule has 0 aromatic heterocycles. The molecule has 0 saturated heterocycles. The van der Waals surface area contributed by atoms with Crippen LogP contribution in [0.3, 0.4) is 0 Å². The fraction of sp³-hybridized carbons (Fsp3) is 0.588. The third-order valence-electron chi connectivity index (χ3n) is 3.50. The van der Waals surface area contributed by atoms with Crippen molar-refractivity contribution in [3.05, 3.63) is 29.8 Å². The second-order valence-electron chi connectivity index (χ2n) is 5.61. The summed E-state index contributed by atoms with van der Waals surface area (Å²) in [6.45, 7) is 5.76. The lowest BCUT2D eigenvalue weighted by molar-refractivity contribution is 0.129. The Morgan fingerprint density at radius 3 is 2.39 bits per heavy atom. The first kappa shape index (κ1) is 20.0. The lowest BCUT2D eigenvalue weighted by atomic mass is 10.2. The number of guanidine groups is 1. The summed E-state index contributed by atoms with van der Waals surface area (Å²) in [5, 5.41) is 6.45. The first-order valence-corrected chi connectivity index (χ1v) is 7.99. The smallest absolute Gasteiger partial charge is 0.191 e. The number of hydrogen-bond acceptors (Lipinski definition) is 3. The van der Waals surface area contributed by atoms with E-state index in [4.69, 9.17) is 9.47 Å². The predicted octanol–water partition coefficient (Wildman–Crippen LogP) is 2.58. The molecule has 2 rings (SSSR count). The fourth-order valence-corrected chi connectivity index (χ4v) is 1.97. The molecular weight excluding hydrogens is 405 g/mol. The van der Waals surface area contributed by atoms with Gasteiger partial charge in [-0.3, -0.25) is 4.99 Å². The number of nitrogens with one attached hydrogen (secondary N) is 2. The van der Waals surface area contributed by atoms with Gasteiger partial charge >= 0.3 is 0 Å². The van der Waals surface area contributed by atoms with E-state index in [9.17, 15) is 0 Å². The van der Waals surface area contributed by atoms with Gasteiger partial charge in [-0.1, -0.05) is 17.7 Å². The van der Waals surface area contributed by atoms with E-state index < -0.39 is 0 Å². The molecule has 1 aliphatic rings. The highest BCUT2D eigenvalue weighted by atomic mass is 127. The largest absolute Gasteiger partial charge is 0.492 e. The van der Waals surface area contributed by atoms with E-state index in [2.05, 4.69) is 22.5 Å². The van der Waals surface area contributed by atoms with Crippen LogP contribution in [0.15, 0.2) is 29.3 Å². The van der Waals surface area contributed by atoms with E-state index in [0.717, 1.165) is 37.4 Å². The average Bonchev–Trinajstić information content (AvgIpc) is 3.35. The van der Waals surface area contributed by atoms with Crippen LogP contribution < -0.4 is 15.4 Å². The summed E-state index contributed by atoms with van der Waals surface area (Å²) in [6.07, 6.45) is 2.66. The second kappa shape index (κ2) is 11.5. The molecule has 1 aromatic rings. The highest BCUT2D eigenvalue weighted by Crippen LogP contribution is 2.28. The minimum absolute atomic E-state index is 0. The summed E-state index contributed by atoms with van der Waals surface area (Å²) in [7, 11) is 1.77. The molecule has 0 amide bonds. The van der Waals surface area contributed by atoms with Gasteiger partial charge in [0.2, 0.25) is 0 Å². The molecule has 1 aliphatic carbocycles. The van der Waals surface area contributed by atoms with Crippen molar-refractivity contribution in [2.24, 2.45) is 10.9 Å². The van der Waals surface area contributed by atoms with E-state index in [0.29, 0.717) is 13.2 Å². The van der Waals surface area contributed by atoms with E-state index in [1.165, 1.54) is 18.4 Å². The molecule has 1 aromatic carbocycles. The van der Waals surface area contributed by atoms with Crippen molar-refractivity contribution >= 4 is 29.9 Å². The van der Waals surface area contributed by atoms with E-state index in [1.54, 1.807) is 7.05 Å². The normalized spacial score (nSPS) is 14.1. The van der Waals surface area contributed by atoms with Gasteiger partial charge in [0.15, 0.2) is 5.96 Å². The van der Waals surface area contributed by atoms with Crippen LogP contribution in [0.4, 0.5) is 0 Å². The van der Waals surface area contributed by atoms with Gasteiger partial charge in [-0.05, 0) is 37.8 Å². The number of aliphatic imine (C=N–C) groups is 1. The topological polar surface area (TPSA) is 54.9 Å². The van der Waals surface area contributed by atoms with Crippen molar-refractivity contribution in [2.75, 3.05) is 40.0 Å². The van der Waals surface area contributed by atoms with Gasteiger partial charge in [-0.15, -0.1) is 24.0 Å². The first-order chi connectivity index (χ1) is 10.8. The molecule has 5 nitrogen and oxygen atoms in total. The number of benzene rings is 1. The number of hydrogen-bond donors (Lipinski definition) is 2. The monoisotopic (exact) mass is 433 g/mol. The Bertz CT molecular complexity index is 461. The quantitative estimate of drug-likeness (QED) is 0.272. The Morgan fingerprint density at radius 1 is 1.13 bits per heavy atom. The summed E-state index contributed by atoms with van der Waals surface area (Å²) < 4.78 is 11.2. The molecule has 0 atom stereocenters. The van der Waals surface area contributed by atoms with Gasteiger partial charge in [-0.2, -0.15) is 0 Å². The highest BCUT2D eigenvalue weighted by molar-refractivity contribution is 14.0. The number of ether oxygens (including phenoxy) is 2. The third-order valence-corrected chi connectivity index (χ3v) is 3.50. The van der Waals surface area contributed by atoms with Crippen LogP contribution in [-0.2, 0) is 4.74 Å². The summed E-state index contributed by atoms with van der Waals surface area (Å²) in [5.74, 6) is 2.49. The van der Waals surface area contributed by atoms with Crippen molar-refractivity contribution in [1.29, 1.82) is 0 Å².